The molecule has 108 valence electrons. The van der Waals surface area contributed by atoms with Gasteiger partial charge in [0.2, 0.25) is 0 Å². The fourth-order valence-corrected chi connectivity index (χ4v) is 2.75. The molecule has 1 fully saturated rings. The van der Waals surface area contributed by atoms with Crippen LogP contribution in [-0.2, 0) is 4.79 Å². The zero-order valence-corrected chi connectivity index (χ0v) is 11.7. The quantitative estimate of drug-likeness (QED) is 0.867. The number of carbonyl (C=O) groups is 2. The number of aromatic hydroxyl groups is 1. The maximum absolute atomic E-state index is 12.5. The van der Waals surface area contributed by atoms with E-state index in [1.165, 1.54) is 17.0 Å². The van der Waals surface area contributed by atoms with E-state index in [1.54, 1.807) is 13.0 Å². The van der Waals surface area contributed by atoms with Crippen LogP contribution in [0.15, 0.2) is 18.2 Å². The molecule has 1 amide bonds. The number of carboxylic acids is 1. The number of carbonyl (C=O) groups excluding carboxylic acids is 1. The molecule has 0 bridgehead atoms. The highest BCUT2D eigenvalue weighted by Crippen LogP contribution is 2.26. The van der Waals surface area contributed by atoms with Crippen molar-refractivity contribution >= 4 is 11.9 Å². The Kier molecular flexibility index (Phi) is 3.97. The second-order valence-corrected chi connectivity index (χ2v) is 5.40. The average Bonchev–Trinajstić information content (AvgIpc) is 2.40. The van der Waals surface area contributed by atoms with Crippen molar-refractivity contribution in [2.45, 2.75) is 32.7 Å². The van der Waals surface area contributed by atoms with Crippen LogP contribution in [0, 0.1) is 12.8 Å². The van der Waals surface area contributed by atoms with Gasteiger partial charge in [-0.3, -0.25) is 4.79 Å². The summed E-state index contributed by atoms with van der Waals surface area (Å²) in [5.41, 5.74) is 1.02. The van der Waals surface area contributed by atoms with Gasteiger partial charge in [-0.1, -0.05) is 6.92 Å². The lowest BCUT2D eigenvalue weighted by Gasteiger charge is -2.37. The van der Waals surface area contributed by atoms with E-state index in [0.717, 1.165) is 12.8 Å². The van der Waals surface area contributed by atoms with Crippen molar-refractivity contribution in [3.05, 3.63) is 29.3 Å². The first-order valence-corrected chi connectivity index (χ1v) is 6.75. The number of carboxylic acid groups (broad SMARTS) is 1. The van der Waals surface area contributed by atoms with Crippen LogP contribution in [0.1, 0.15) is 35.7 Å². The molecule has 0 aliphatic carbocycles. The standard InChI is InChI=1S/C15H19NO4/c1-9-4-3-7-16(13(9)15(19)20)14(18)11-5-6-12(17)10(2)8-11/h5-6,8-9,13,17H,3-4,7H2,1-2H3,(H,19,20). The van der Waals surface area contributed by atoms with Crippen molar-refractivity contribution in [2.75, 3.05) is 6.54 Å². The maximum Gasteiger partial charge on any atom is 0.326 e. The van der Waals surface area contributed by atoms with Crippen molar-refractivity contribution in [2.24, 2.45) is 5.92 Å². The average molecular weight is 277 g/mol. The number of aliphatic carboxylic acids is 1. The van der Waals surface area contributed by atoms with Crippen LogP contribution in [0.5, 0.6) is 5.75 Å². The Morgan fingerprint density at radius 1 is 1.35 bits per heavy atom. The Bertz CT molecular complexity index is 541. The highest BCUT2D eigenvalue weighted by atomic mass is 16.4. The van der Waals surface area contributed by atoms with Crippen LogP contribution in [0.3, 0.4) is 0 Å². The number of hydrogen-bond donors (Lipinski definition) is 2. The Labute approximate surface area is 117 Å². The lowest BCUT2D eigenvalue weighted by Crippen LogP contribution is -2.51. The van der Waals surface area contributed by atoms with E-state index >= 15 is 0 Å². The van der Waals surface area contributed by atoms with Gasteiger partial charge in [0.15, 0.2) is 0 Å². The summed E-state index contributed by atoms with van der Waals surface area (Å²) < 4.78 is 0. The molecule has 0 spiro atoms. The molecule has 1 aromatic carbocycles. The molecule has 0 saturated carbocycles. The van der Waals surface area contributed by atoms with E-state index in [-0.39, 0.29) is 17.6 Å². The first-order valence-electron chi connectivity index (χ1n) is 6.75. The predicted molar refractivity (Wildman–Crippen MR) is 73.7 cm³/mol. The van der Waals surface area contributed by atoms with E-state index < -0.39 is 12.0 Å². The molecular weight excluding hydrogens is 258 g/mol. The van der Waals surface area contributed by atoms with Crippen molar-refractivity contribution in [1.29, 1.82) is 0 Å². The zero-order chi connectivity index (χ0) is 14.9. The summed E-state index contributed by atoms with van der Waals surface area (Å²) in [5, 5.41) is 18.8. The first-order chi connectivity index (χ1) is 9.41. The van der Waals surface area contributed by atoms with E-state index in [4.69, 9.17) is 0 Å². The number of nitrogens with zero attached hydrogens (tertiary/aromatic N) is 1. The molecule has 0 radical (unpaired) electrons. The summed E-state index contributed by atoms with van der Waals surface area (Å²) in [4.78, 5) is 25.3. The molecule has 2 rings (SSSR count). The minimum atomic E-state index is -0.957. The molecule has 2 unspecified atom stereocenters. The normalized spacial score (nSPS) is 22.6. The Hall–Kier alpha value is -2.04. The topological polar surface area (TPSA) is 77.8 Å². The number of rotatable bonds is 2. The van der Waals surface area contributed by atoms with E-state index in [9.17, 15) is 19.8 Å². The van der Waals surface area contributed by atoms with Gasteiger partial charge in [0.25, 0.3) is 5.91 Å². The lowest BCUT2D eigenvalue weighted by molar-refractivity contribution is -0.145. The van der Waals surface area contributed by atoms with Gasteiger partial charge in [0.05, 0.1) is 0 Å². The van der Waals surface area contributed by atoms with Gasteiger partial charge in [-0.25, -0.2) is 4.79 Å². The van der Waals surface area contributed by atoms with Crippen molar-refractivity contribution < 1.29 is 19.8 Å². The molecule has 20 heavy (non-hydrogen) atoms. The molecule has 5 heteroatoms. The van der Waals surface area contributed by atoms with Gasteiger partial charge < -0.3 is 15.1 Å². The summed E-state index contributed by atoms with van der Waals surface area (Å²) in [6.45, 7) is 4.03. The van der Waals surface area contributed by atoms with Gasteiger partial charge in [-0.2, -0.15) is 0 Å². The monoisotopic (exact) mass is 277 g/mol. The first kappa shape index (κ1) is 14.4. The molecule has 0 aromatic heterocycles. The second-order valence-electron chi connectivity index (χ2n) is 5.40. The predicted octanol–water partition coefficient (Wildman–Crippen LogP) is 2.03. The molecule has 2 N–H and O–H groups in total. The maximum atomic E-state index is 12.5. The highest BCUT2D eigenvalue weighted by Gasteiger charge is 2.37. The third kappa shape index (κ3) is 2.61. The summed E-state index contributed by atoms with van der Waals surface area (Å²) in [6, 6.07) is 3.81. The molecule has 1 aliphatic heterocycles. The van der Waals surface area contributed by atoms with Crippen LogP contribution >= 0.6 is 0 Å². The van der Waals surface area contributed by atoms with Crippen LogP contribution in [0.2, 0.25) is 0 Å². The smallest absolute Gasteiger partial charge is 0.326 e. The number of hydrogen-bond acceptors (Lipinski definition) is 3. The minimum absolute atomic E-state index is 0.0524. The van der Waals surface area contributed by atoms with Gasteiger partial charge in [-0.15, -0.1) is 0 Å². The molecule has 5 nitrogen and oxygen atoms in total. The summed E-state index contributed by atoms with van der Waals surface area (Å²) in [5.74, 6) is -1.17. The fourth-order valence-electron chi connectivity index (χ4n) is 2.75. The van der Waals surface area contributed by atoms with Crippen LogP contribution < -0.4 is 0 Å². The van der Waals surface area contributed by atoms with Gasteiger partial charge in [0.1, 0.15) is 11.8 Å². The number of phenols is 1. The molecular formula is C15H19NO4. The third-order valence-electron chi connectivity index (χ3n) is 3.89. The summed E-state index contributed by atoms with van der Waals surface area (Å²) in [7, 11) is 0. The van der Waals surface area contributed by atoms with Crippen molar-refractivity contribution in [3.63, 3.8) is 0 Å². The van der Waals surface area contributed by atoms with Crippen molar-refractivity contribution in [1.82, 2.24) is 4.90 Å². The lowest BCUT2D eigenvalue weighted by atomic mass is 9.90. The summed E-state index contributed by atoms with van der Waals surface area (Å²) >= 11 is 0. The zero-order valence-electron chi connectivity index (χ0n) is 11.7. The van der Waals surface area contributed by atoms with E-state index in [1.807, 2.05) is 6.92 Å². The number of amides is 1. The van der Waals surface area contributed by atoms with Crippen LogP contribution in [0.4, 0.5) is 0 Å². The molecule has 1 heterocycles. The Balaban J connectivity index is 2.30. The third-order valence-corrected chi connectivity index (χ3v) is 3.89. The van der Waals surface area contributed by atoms with E-state index in [0.29, 0.717) is 17.7 Å². The number of likely N-dealkylation sites (tertiary alicyclic amines) is 1. The Morgan fingerprint density at radius 2 is 2.05 bits per heavy atom. The Morgan fingerprint density at radius 3 is 2.65 bits per heavy atom. The van der Waals surface area contributed by atoms with Crippen molar-refractivity contribution in [3.8, 4) is 5.75 Å². The van der Waals surface area contributed by atoms with E-state index in [2.05, 4.69) is 0 Å². The summed E-state index contributed by atoms with van der Waals surface area (Å²) in [6.07, 6.45) is 1.63. The number of benzene rings is 1. The minimum Gasteiger partial charge on any atom is -0.508 e. The highest BCUT2D eigenvalue weighted by molar-refractivity contribution is 5.97. The molecule has 1 aromatic rings. The van der Waals surface area contributed by atoms with Crippen LogP contribution in [0.25, 0.3) is 0 Å². The van der Waals surface area contributed by atoms with Gasteiger partial charge in [0, 0.05) is 12.1 Å². The largest absolute Gasteiger partial charge is 0.508 e. The van der Waals surface area contributed by atoms with Gasteiger partial charge >= 0.3 is 5.97 Å². The number of phenolic OH excluding ortho intramolecular Hbond substituents is 1. The number of aryl methyl sites for hydroxylation is 1. The van der Waals surface area contributed by atoms with Crippen LogP contribution in [-0.4, -0.2) is 39.6 Å². The molecule has 1 aliphatic rings. The fraction of sp³-hybridized carbons (Fsp3) is 0.467. The van der Waals surface area contributed by atoms with Gasteiger partial charge in [-0.05, 0) is 49.4 Å². The number of piperidine rings is 1. The molecule has 1 saturated heterocycles. The second kappa shape index (κ2) is 5.53. The molecule has 2 atom stereocenters. The SMILES string of the molecule is Cc1cc(C(=O)N2CCCC(C)C2C(=O)O)ccc1O.